The molecule has 2 unspecified atom stereocenters. The molecule has 2 aliphatic heterocycles. The van der Waals surface area contributed by atoms with Crippen molar-refractivity contribution < 1.29 is 31.1 Å². The van der Waals surface area contributed by atoms with Crippen LogP contribution in [-0.2, 0) is 30.2 Å². The van der Waals surface area contributed by atoms with Crippen LogP contribution in [0.2, 0.25) is 0 Å². The van der Waals surface area contributed by atoms with Crippen LogP contribution in [0.1, 0.15) is 51.8 Å². The summed E-state index contributed by atoms with van der Waals surface area (Å²) in [5.41, 5.74) is 0.00221. The van der Waals surface area contributed by atoms with Crippen LogP contribution in [0.5, 0.6) is 0 Å². The number of hydrogen-bond acceptors (Lipinski definition) is 3. The van der Waals surface area contributed by atoms with Gasteiger partial charge < -0.3 is 10.2 Å². The second-order valence-corrected chi connectivity index (χ2v) is 10.4. The fraction of sp³-hybridized carbons (Fsp3) is 0.367. The molecule has 0 radical (unpaired) electrons. The molecular weight excluding hydrogens is 532 g/mol. The minimum Gasteiger partial charge on any atom is -0.350 e. The summed E-state index contributed by atoms with van der Waals surface area (Å²) in [6.45, 7) is 3.27. The van der Waals surface area contributed by atoms with Gasteiger partial charge in [-0.25, -0.2) is 0 Å². The maximum atomic E-state index is 13.4. The monoisotopic (exact) mass is 561 g/mol. The fourth-order valence-electron chi connectivity index (χ4n) is 5.68. The molecule has 1 fully saturated rings. The molecule has 0 spiro atoms. The summed E-state index contributed by atoms with van der Waals surface area (Å²) in [5, 5.41) is 2.60. The van der Waals surface area contributed by atoms with Crippen LogP contribution in [0.4, 0.5) is 26.3 Å². The van der Waals surface area contributed by atoms with Gasteiger partial charge in [-0.05, 0) is 59.3 Å². The number of fused-ring (bicyclic) bond motifs is 1. The van der Waals surface area contributed by atoms with E-state index in [1.165, 1.54) is 5.56 Å². The third-order valence-corrected chi connectivity index (χ3v) is 7.70. The van der Waals surface area contributed by atoms with E-state index in [9.17, 15) is 31.1 Å². The van der Waals surface area contributed by atoms with Crippen LogP contribution in [0.3, 0.4) is 0 Å². The van der Waals surface area contributed by atoms with E-state index in [0.29, 0.717) is 31.1 Å². The minimum absolute atomic E-state index is 0.0843. The first-order valence-electron chi connectivity index (χ1n) is 13.1. The first-order chi connectivity index (χ1) is 19.0. The maximum absolute atomic E-state index is 13.4. The molecule has 2 heterocycles. The number of rotatable bonds is 7. The average Bonchev–Trinajstić information content (AvgIpc) is 3.54. The normalized spacial score (nSPS) is 20.1. The Morgan fingerprint density at radius 1 is 0.850 bits per heavy atom. The Morgan fingerprint density at radius 2 is 1.50 bits per heavy atom. The average molecular weight is 562 g/mol. The number of carbonyl (C=O) groups excluding carboxylic acids is 1. The Hall–Kier alpha value is -3.37. The van der Waals surface area contributed by atoms with E-state index in [2.05, 4.69) is 22.3 Å². The largest absolute Gasteiger partial charge is 0.416 e. The smallest absolute Gasteiger partial charge is 0.350 e. The summed E-state index contributed by atoms with van der Waals surface area (Å²) in [7, 11) is 0. The molecule has 10 heteroatoms. The molecule has 0 aliphatic carbocycles. The van der Waals surface area contributed by atoms with E-state index in [0.717, 1.165) is 37.2 Å². The molecule has 3 aromatic carbocycles. The van der Waals surface area contributed by atoms with Crippen molar-refractivity contribution in [2.75, 3.05) is 26.2 Å². The quantitative estimate of drug-likeness (QED) is 0.340. The zero-order valence-electron chi connectivity index (χ0n) is 21.6. The minimum atomic E-state index is -4.95. The summed E-state index contributed by atoms with van der Waals surface area (Å²) in [5.74, 6) is -0.00961. The van der Waals surface area contributed by atoms with Gasteiger partial charge in [-0.2, -0.15) is 26.3 Å². The Balaban J connectivity index is 1.27. The first-order valence-corrected chi connectivity index (χ1v) is 13.1. The molecule has 2 atom stereocenters. The van der Waals surface area contributed by atoms with Crippen molar-refractivity contribution in [3.63, 3.8) is 0 Å². The van der Waals surface area contributed by atoms with Crippen molar-refractivity contribution in [2.24, 2.45) is 0 Å². The molecule has 40 heavy (non-hydrogen) atoms. The third-order valence-electron chi connectivity index (χ3n) is 7.70. The SMILES string of the molecule is O=C(NCc1cc(C(F)(F)F)cc(C(F)(F)F)c1)C1c2ccccc2CN1CCN1CCC(c2ccccc2)C1. The van der Waals surface area contributed by atoms with Crippen LogP contribution in [0.25, 0.3) is 0 Å². The van der Waals surface area contributed by atoms with Crippen molar-refractivity contribution in [2.45, 2.75) is 43.8 Å². The van der Waals surface area contributed by atoms with Gasteiger partial charge in [-0.3, -0.25) is 9.69 Å². The number of carbonyl (C=O) groups is 1. The number of likely N-dealkylation sites (tertiary alicyclic amines) is 1. The highest BCUT2D eigenvalue weighted by atomic mass is 19.4. The van der Waals surface area contributed by atoms with Crippen molar-refractivity contribution in [3.05, 3.63) is 106 Å². The summed E-state index contributed by atoms with van der Waals surface area (Å²) in [4.78, 5) is 17.8. The molecule has 1 amide bonds. The van der Waals surface area contributed by atoms with E-state index < -0.39 is 42.0 Å². The topological polar surface area (TPSA) is 35.6 Å². The fourth-order valence-corrected chi connectivity index (χ4v) is 5.68. The number of hydrogen-bond donors (Lipinski definition) is 1. The molecule has 212 valence electrons. The van der Waals surface area contributed by atoms with Gasteiger partial charge >= 0.3 is 12.4 Å². The molecule has 1 saturated heterocycles. The van der Waals surface area contributed by atoms with Gasteiger partial charge in [0.25, 0.3) is 0 Å². The molecule has 5 rings (SSSR count). The van der Waals surface area contributed by atoms with E-state index in [1.807, 2.05) is 47.4 Å². The van der Waals surface area contributed by atoms with E-state index in [4.69, 9.17) is 0 Å². The summed E-state index contributed by atoms with van der Waals surface area (Å²) in [6, 6.07) is 18.5. The second kappa shape index (κ2) is 11.2. The van der Waals surface area contributed by atoms with Crippen molar-refractivity contribution in [1.29, 1.82) is 0 Å². The molecule has 0 aromatic heterocycles. The van der Waals surface area contributed by atoms with Crippen LogP contribution < -0.4 is 5.32 Å². The van der Waals surface area contributed by atoms with E-state index in [1.54, 1.807) is 0 Å². The lowest BCUT2D eigenvalue weighted by atomic mass is 9.99. The number of nitrogens with one attached hydrogen (secondary N) is 1. The Morgan fingerprint density at radius 3 is 2.17 bits per heavy atom. The summed E-state index contributed by atoms with van der Waals surface area (Å²) in [6.07, 6.45) is -8.85. The highest BCUT2D eigenvalue weighted by molar-refractivity contribution is 5.84. The summed E-state index contributed by atoms with van der Waals surface area (Å²) >= 11 is 0. The number of halogens is 6. The van der Waals surface area contributed by atoms with E-state index >= 15 is 0 Å². The van der Waals surface area contributed by atoms with Crippen LogP contribution in [0.15, 0.2) is 72.8 Å². The zero-order chi connectivity index (χ0) is 28.5. The second-order valence-electron chi connectivity index (χ2n) is 10.4. The molecule has 3 aromatic rings. The zero-order valence-corrected chi connectivity index (χ0v) is 21.6. The lowest BCUT2D eigenvalue weighted by Gasteiger charge is -2.27. The molecule has 4 nitrogen and oxygen atoms in total. The van der Waals surface area contributed by atoms with Crippen molar-refractivity contribution >= 4 is 5.91 Å². The van der Waals surface area contributed by atoms with Crippen molar-refractivity contribution in [3.8, 4) is 0 Å². The standard InChI is InChI=1S/C30H29F6N3O/c31-29(32,33)24-14-20(15-25(16-24)30(34,35)36)17-37-28(40)27-26-9-5-4-8-23(26)19-39(27)13-12-38-11-10-22(18-38)21-6-2-1-3-7-21/h1-9,14-16,22,27H,10-13,17-19H2,(H,37,40). The van der Waals surface area contributed by atoms with Gasteiger partial charge in [0.1, 0.15) is 6.04 Å². The first kappa shape index (κ1) is 28.2. The third kappa shape index (κ3) is 6.33. The predicted octanol–water partition coefficient (Wildman–Crippen LogP) is 6.39. The van der Waals surface area contributed by atoms with Crippen LogP contribution in [-0.4, -0.2) is 41.9 Å². The molecule has 2 aliphatic rings. The van der Waals surface area contributed by atoms with E-state index in [-0.39, 0.29) is 11.6 Å². The van der Waals surface area contributed by atoms with Crippen LogP contribution in [0, 0.1) is 0 Å². The lowest BCUT2D eigenvalue weighted by Crippen LogP contribution is -2.40. The van der Waals surface area contributed by atoms with Gasteiger partial charge in [0.15, 0.2) is 0 Å². The van der Waals surface area contributed by atoms with Gasteiger partial charge in [0, 0.05) is 32.7 Å². The van der Waals surface area contributed by atoms with Gasteiger partial charge in [0.2, 0.25) is 5.91 Å². The van der Waals surface area contributed by atoms with Gasteiger partial charge in [-0.15, -0.1) is 0 Å². The number of amides is 1. The maximum Gasteiger partial charge on any atom is 0.416 e. The van der Waals surface area contributed by atoms with Gasteiger partial charge in [0.05, 0.1) is 11.1 Å². The Kier molecular flexibility index (Phi) is 7.92. The molecule has 1 N–H and O–H groups in total. The summed E-state index contributed by atoms with van der Waals surface area (Å²) < 4.78 is 79.6. The number of nitrogens with zero attached hydrogens (tertiary/aromatic N) is 2. The molecule has 0 bridgehead atoms. The van der Waals surface area contributed by atoms with Gasteiger partial charge in [-0.1, -0.05) is 54.6 Å². The Labute approximate surface area is 228 Å². The Bertz CT molecular complexity index is 1310. The molecule has 0 saturated carbocycles. The number of alkyl halides is 6. The predicted molar refractivity (Wildman–Crippen MR) is 138 cm³/mol. The number of benzene rings is 3. The lowest BCUT2D eigenvalue weighted by molar-refractivity contribution is -0.143. The van der Waals surface area contributed by atoms with Crippen LogP contribution >= 0.6 is 0 Å². The highest BCUT2D eigenvalue weighted by Gasteiger charge is 2.38. The molecular formula is C30H29F6N3O. The highest BCUT2D eigenvalue weighted by Crippen LogP contribution is 2.37. The van der Waals surface area contributed by atoms with Crippen molar-refractivity contribution in [1.82, 2.24) is 15.1 Å².